The quantitative estimate of drug-likeness (QED) is 0.571. The van der Waals surface area contributed by atoms with Crippen LogP contribution < -0.4 is 4.57 Å². The van der Waals surface area contributed by atoms with Gasteiger partial charge in [-0.05, 0) is 12.3 Å². The maximum atomic E-state index is 9.78. The minimum atomic E-state index is -0.0990. The Bertz CT molecular complexity index is 525. The van der Waals surface area contributed by atoms with Gasteiger partial charge in [-0.1, -0.05) is 12.1 Å². The fraction of sp³-hybridized carbons (Fsp3) is 0.182. The second kappa shape index (κ2) is 3.62. The zero-order valence-electron chi connectivity index (χ0n) is 8.56. The number of benzene rings is 1. The molecule has 15 heavy (non-hydrogen) atoms. The highest BCUT2D eigenvalue weighted by Crippen LogP contribution is 2.37. The molecule has 78 valence electrons. The van der Waals surface area contributed by atoms with Gasteiger partial charge in [-0.15, -0.1) is 11.8 Å². The molecule has 0 fully saturated rings. The van der Waals surface area contributed by atoms with Gasteiger partial charge in [-0.2, -0.15) is 4.57 Å². The summed E-state index contributed by atoms with van der Waals surface area (Å²) in [5.74, 6) is -0.151. The van der Waals surface area contributed by atoms with E-state index in [0.717, 1.165) is 10.9 Å². The third-order valence-electron chi connectivity index (χ3n) is 2.46. The average Bonchev–Trinajstić information content (AvgIpc) is 2.27. The highest BCUT2D eigenvalue weighted by Gasteiger charge is 2.22. The van der Waals surface area contributed by atoms with Crippen molar-refractivity contribution in [3.05, 3.63) is 24.3 Å². The Balaban J connectivity index is 2.98. The molecule has 1 heterocycles. The molecule has 0 saturated carbocycles. The van der Waals surface area contributed by atoms with Crippen LogP contribution in [0.5, 0.6) is 11.6 Å². The predicted molar refractivity (Wildman–Crippen MR) is 60.2 cm³/mol. The number of para-hydroxylation sites is 1. The predicted octanol–water partition coefficient (Wildman–Crippen LogP) is 1.80. The second-order valence-corrected chi connectivity index (χ2v) is 4.10. The van der Waals surface area contributed by atoms with E-state index in [2.05, 4.69) is 0 Å². The van der Waals surface area contributed by atoms with Crippen LogP contribution in [-0.4, -0.2) is 16.5 Å². The minimum absolute atomic E-state index is 0.0521. The van der Waals surface area contributed by atoms with E-state index in [9.17, 15) is 10.2 Å². The Hall–Kier alpha value is -1.42. The van der Waals surface area contributed by atoms with Crippen LogP contribution in [0.25, 0.3) is 10.9 Å². The Morgan fingerprint density at radius 3 is 2.53 bits per heavy atom. The molecule has 0 aliphatic carbocycles. The van der Waals surface area contributed by atoms with Crippen LogP contribution in [0.15, 0.2) is 29.2 Å². The van der Waals surface area contributed by atoms with Gasteiger partial charge in [0.15, 0.2) is 0 Å². The van der Waals surface area contributed by atoms with Crippen molar-refractivity contribution in [3.63, 3.8) is 0 Å². The number of aromatic nitrogens is 1. The highest BCUT2D eigenvalue weighted by atomic mass is 32.2. The van der Waals surface area contributed by atoms with Crippen molar-refractivity contribution in [2.45, 2.75) is 4.90 Å². The Labute approximate surface area is 92.0 Å². The van der Waals surface area contributed by atoms with E-state index < -0.39 is 0 Å². The molecule has 3 nitrogen and oxygen atoms in total. The topological polar surface area (TPSA) is 44.3 Å². The lowest BCUT2D eigenvalue weighted by atomic mass is 10.2. The Morgan fingerprint density at radius 1 is 1.20 bits per heavy atom. The summed E-state index contributed by atoms with van der Waals surface area (Å²) in [4.78, 5) is 0.709. The maximum absolute atomic E-state index is 9.78. The van der Waals surface area contributed by atoms with E-state index >= 15 is 0 Å². The Kier molecular flexibility index (Phi) is 2.44. The molecular weight excluding hydrogens is 210 g/mol. The molecule has 2 rings (SSSR count). The zero-order chi connectivity index (χ0) is 11.0. The summed E-state index contributed by atoms with van der Waals surface area (Å²) < 4.78 is 1.57. The van der Waals surface area contributed by atoms with Gasteiger partial charge in [-0.3, -0.25) is 0 Å². The van der Waals surface area contributed by atoms with Gasteiger partial charge in [-0.25, -0.2) is 0 Å². The van der Waals surface area contributed by atoms with Gasteiger partial charge in [0.25, 0.3) is 0 Å². The van der Waals surface area contributed by atoms with Crippen molar-refractivity contribution < 1.29 is 14.8 Å². The standard InChI is InChI=1S/C11H11NO2S/c1-12-8-6-4-3-5-7(8)10(15-2)9(13)11(12)14/h3-6,13H,1-2H3/p+1. The number of rotatable bonds is 1. The molecule has 0 aliphatic rings. The highest BCUT2D eigenvalue weighted by molar-refractivity contribution is 7.99. The van der Waals surface area contributed by atoms with Crippen LogP contribution in [0.1, 0.15) is 0 Å². The monoisotopic (exact) mass is 222 g/mol. The minimum Gasteiger partial charge on any atom is -0.499 e. The van der Waals surface area contributed by atoms with Gasteiger partial charge < -0.3 is 10.2 Å². The molecule has 0 spiro atoms. The van der Waals surface area contributed by atoms with Crippen molar-refractivity contribution in [2.75, 3.05) is 6.26 Å². The van der Waals surface area contributed by atoms with Crippen LogP contribution >= 0.6 is 11.8 Å². The molecule has 0 unspecified atom stereocenters. The summed E-state index contributed by atoms with van der Waals surface area (Å²) in [5.41, 5.74) is 0.900. The number of fused-ring (bicyclic) bond motifs is 1. The third-order valence-corrected chi connectivity index (χ3v) is 3.28. The lowest BCUT2D eigenvalue weighted by Crippen LogP contribution is -2.29. The van der Waals surface area contributed by atoms with Gasteiger partial charge in [0.05, 0.1) is 10.3 Å². The van der Waals surface area contributed by atoms with E-state index in [1.54, 1.807) is 11.6 Å². The molecule has 0 bridgehead atoms. The smallest absolute Gasteiger partial charge is 0.410 e. The van der Waals surface area contributed by atoms with Gasteiger partial charge in [0.2, 0.25) is 11.3 Å². The fourth-order valence-corrected chi connectivity index (χ4v) is 2.34. The SMILES string of the molecule is CSc1c(O)c(O)[n+](C)c2ccccc12. The van der Waals surface area contributed by atoms with Crippen molar-refractivity contribution in [3.8, 4) is 11.6 Å². The molecular formula is C11H12NO2S+. The first kappa shape index (κ1) is 10.1. The third kappa shape index (κ3) is 1.41. The Morgan fingerprint density at radius 2 is 1.87 bits per heavy atom. The van der Waals surface area contributed by atoms with Gasteiger partial charge in [0, 0.05) is 6.07 Å². The van der Waals surface area contributed by atoms with Gasteiger partial charge >= 0.3 is 5.88 Å². The van der Waals surface area contributed by atoms with Crippen LogP contribution in [0.4, 0.5) is 0 Å². The van der Waals surface area contributed by atoms with Crippen LogP contribution in [0, 0.1) is 0 Å². The largest absolute Gasteiger partial charge is 0.499 e. The number of hydrogen-bond donors (Lipinski definition) is 2. The zero-order valence-corrected chi connectivity index (χ0v) is 9.38. The normalized spacial score (nSPS) is 10.8. The molecule has 2 aromatic rings. The number of thioether (sulfide) groups is 1. The van der Waals surface area contributed by atoms with Crippen molar-refractivity contribution >= 4 is 22.7 Å². The molecule has 1 aromatic carbocycles. The summed E-state index contributed by atoms with van der Waals surface area (Å²) in [6, 6.07) is 7.66. The molecule has 0 saturated heterocycles. The first-order valence-electron chi connectivity index (χ1n) is 4.53. The maximum Gasteiger partial charge on any atom is 0.410 e. The molecule has 0 amide bonds. The van der Waals surface area contributed by atoms with Crippen molar-refractivity contribution in [2.24, 2.45) is 7.05 Å². The number of aryl methyl sites for hydroxylation is 1. The first-order chi connectivity index (χ1) is 7.16. The number of aromatic hydroxyl groups is 2. The lowest BCUT2D eigenvalue weighted by molar-refractivity contribution is -0.652. The summed E-state index contributed by atoms with van der Waals surface area (Å²) in [5, 5.41) is 20.4. The van der Waals surface area contributed by atoms with Crippen LogP contribution in [-0.2, 0) is 7.05 Å². The van der Waals surface area contributed by atoms with Crippen LogP contribution in [0.2, 0.25) is 0 Å². The molecule has 0 aliphatic heterocycles. The van der Waals surface area contributed by atoms with E-state index in [1.807, 2.05) is 30.5 Å². The fourth-order valence-electron chi connectivity index (χ4n) is 1.67. The first-order valence-corrected chi connectivity index (χ1v) is 5.76. The van der Waals surface area contributed by atoms with E-state index in [1.165, 1.54) is 11.8 Å². The second-order valence-electron chi connectivity index (χ2n) is 3.28. The average molecular weight is 222 g/mol. The molecule has 4 heteroatoms. The lowest BCUT2D eigenvalue weighted by Gasteiger charge is -2.06. The molecule has 0 radical (unpaired) electrons. The number of nitrogens with zero attached hydrogens (tertiary/aromatic N) is 1. The van der Waals surface area contributed by atoms with E-state index in [4.69, 9.17) is 0 Å². The van der Waals surface area contributed by atoms with Crippen molar-refractivity contribution in [1.29, 1.82) is 0 Å². The summed E-state index contributed by atoms with van der Waals surface area (Å²) in [6.07, 6.45) is 1.88. The number of hydrogen-bond acceptors (Lipinski definition) is 3. The molecule has 1 aromatic heterocycles. The summed E-state index contributed by atoms with van der Waals surface area (Å²) >= 11 is 1.42. The van der Waals surface area contributed by atoms with E-state index in [-0.39, 0.29) is 11.6 Å². The molecule has 2 N–H and O–H groups in total. The van der Waals surface area contributed by atoms with Gasteiger partial charge in [0.1, 0.15) is 7.05 Å². The molecule has 0 atom stereocenters. The summed E-state index contributed by atoms with van der Waals surface area (Å²) in [7, 11) is 1.72. The summed E-state index contributed by atoms with van der Waals surface area (Å²) in [6.45, 7) is 0. The van der Waals surface area contributed by atoms with Crippen molar-refractivity contribution in [1.82, 2.24) is 0 Å². The van der Waals surface area contributed by atoms with E-state index in [0.29, 0.717) is 4.90 Å². The number of pyridine rings is 1. The van der Waals surface area contributed by atoms with Crippen LogP contribution in [0.3, 0.4) is 0 Å².